The maximum atomic E-state index is 15.2. The van der Waals surface area contributed by atoms with Gasteiger partial charge < -0.3 is 4.74 Å². The fourth-order valence-corrected chi connectivity index (χ4v) is 4.58. The maximum Gasteiger partial charge on any atom is 0.194 e. The van der Waals surface area contributed by atoms with Crippen LogP contribution >= 0.6 is 0 Å². The van der Waals surface area contributed by atoms with Crippen molar-refractivity contribution in [1.82, 2.24) is 4.98 Å². The van der Waals surface area contributed by atoms with Gasteiger partial charge in [-0.05, 0) is 78.4 Å². The Morgan fingerprint density at radius 2 is 1.45 bits per heavy atom. The summed E-state index contributed by atoms with van der Waals surface area (Å²) in [6, 6.07) is 15.1. The van der Waals surface area contributed by atoms with Crippen LogP contribution in [0.3, 0.4) is 0 Å². The molecule has 4 rings (SSSR count). The van der Waals surface area contributed by atoms with Gasteiger partial charge in [-0.15, -0.1) is 0 Å². The highest BCUT2D eigenvalue weighted by Gasteiger charge is 2.13. The van der Waals surface area contributed by atoms with Crippen LogP contribution in [0, 0.1) is 23.3 Å². The van der Waals surface area contributed by atoms with Gasteiger partial charge in [0.1, 0.15) is 11.6 Å². The van der Waals surface area contributed by atoms with Gasteiger partial charge in [0, 0.05) is 11.1 Å². The summed E-state index contributed by atoms with van der Waals surface area (Å²) in [5.74, 6) is -3.53. The van der Waals surface area contributed by atoms with Gasteiger partial charge in [-0.1, -0.05) is 62.9 Å². The van der Waals surface area contributed by atoms with Gasteiger partial charge in [0.15, 0.2) is 17.5 Å². The second-order valence-electron chi connectivity index (χ2n) is 9.72. The third-order valence-electron chi connectivity index (χ3n) is 6.81. The zero-order chi connectivity index (χ0) is 26.9. The summed E-state index contributed by atoms with van der Waals surface area (Å²) >= 11 is 0. The van der Waals surface area contributed by atoms with Crippen molar-refractivity contribution in [2.24, 2.45) is 0 Å². The standard InChI is InChI=1S/C32H33F4NO/c1-2-3-4-5-6-17-38-27-15-14-26(37-21-27)13-8-22-9-16-28-25(18-22)12-11-24(31(28)35)10-7-23-19-29(33)32(36)30(34)20-23/h9,11-12,14-16,18-21H,2-8,10,13,17H2,1H3. The maximum absolute atomic E-state index is 15.2. The third kappa shape index (κ3) is 7.33. The average Bonchev–Trinajstić information content (AvgIpc) is 2.92. The monoisotopic (exact) mass is 523 g/mol. The van der Waals surface area contributed by atoms with Crippen LogP contribution in [-0.2, 0) is 25.7 Å². The number of rotatable bonds is 13. The van der Waals surface area contributed by atoms with Crippen LogP contribution in [0.5, 0.6) is 5.75 Å². The Bertz CT molecular complexity index is 1330. The van der Waals surface area contributed by atoms with Crippen molar-refractivity contribution in [3.8, 4) is 5.75 Å². The first-order valence-corrected chi connectivity index (χ1v) is 13.4. The smallest absolute Gasteiger partial charge is 0.194 e. The van der Waals surface area contributed by atoms with Crippen molar-refractivity contribution in [2.75, 3.05) is 6.61 Å². The normalized spacial score (nSPS) is 11.3. The van der Waals surface area contributed by atoms with Crippen LogP contribution in [0.15, 0.2) is 60.8 Å². The van der Waals surface area contributed by atoms with E-state index in [1.165, 1.54) is 25.7 Å². The summed E-state index contributed by atoms with van der Waals surface area (Å²) in [7, 11) is 0. The van der Waals surface area contributed by atoms with E-state index >= 15 is 4.39 Å². The van der Waals surface area contributed by atoms with E-state index in [4.69, 9.17) is 4.74 Å². The SMILES string of the molecule is CCCCCCCOc1ccc(CCc2ccc3c(F)c(CCc4cc(F)c(F)c(F)c4)ccc3c2)nc1. The van der Waals surface area contributed by atoms with E-state index < -0.39 is 17.5 Å². The number of hydrogen-bond acceptors (Lipinski definition) is 2. The highest BCUT2D eigenvalue weighted by Crippen LogP contribution is 2.25. The Labute approximate surface area is 221 Å². The van der Waals surface area contributed by atoms with Crippen molar-refractivity contribution in [2.45, 2.75) is 64.7 Å². The molecule has 0 radical (unpaired) electrons. The number of nitrogens with zero attached hydrogens (tertiary/aromatic N) is 1. The number of hydrogen-bond donors (Lipinski definition) is 0. The first-order valence-electron chi connectivity index (χ1n) is 13.4. The predicted octanol–water partition coefficient (Wildman–Crippen LogP) is 8.71. The van der Waals surface area contributed by atoms with Crippen LogP contribution in [-0.4, -0.2) is 11.6 Å². The third-order valence-corrected chi connectivity index (χ3v) is 6.81. The predicted molar refractivity (Wildman–Crippen MR) is 144 cm³/mol. The minimum atomic E-state index is -1.49. The topological polar surface area (TPSA) is 22.1 Å². The second kappa shape index (κ2) is 13.4. The molecule has 0 aliphatic carbocycles. The summed E-state index contributed by atoms with van der Waals surface area (Å²) < 4.78 is 61.1. The molecule has 0 aliphatic rings. The fraction of sp³-hybridized carbons (Fsp3) is 0.344. The fourth-order valence-electron chi connectivity index (χ4n) is 4.58. The molecule has 0 spiro atoms. The van der Waals surface area contributed by atoms with Crippen molar-refractivity contribution < 1.29 is 22.3 Å². The molecule has 6 heteroatoms. The summed E-state index contributed by atoms with van der Waals surface area (Å²) in [5, 5.41) is 1.29. The second-order valence-corrected chi connectivity index (χ2v) is 9.72. The minimum absolute atomic E-state index is 0.199. The van der Waals surface area contributed by atoms with Crippen molar-refractivity contribution in [3.63, 3.8) is 0 Å². The minimum Gasteiger partial charge on any atom is -0.492 e. The summed E-state index contributed by atoms with van der Waals surface area (Å²) in [6.07, 6.45) is 9.75. The number of aromatic nitrogens is 1. The van der Waals surface area contributed by atoms with Gasteiger partial charge in [-0.2, -0.15) is 0 Å². The van der Waals surface area contributed by atoms with Crippen LogP contribution in [0.4, 0.5) is 17.6 Å². The molecule has 0 N–H and O–H groups in total. The molecule has 0 amide bonds. The van der Waals surface area contributed by atoms with Crippen LogP contribution in [0.25, 0.3) is 10.8 Å². The number of fused-ring (bicyclic) bond motifs is 1. The van der Waals surface area contributed by atoms with E-state index in [1.54, 1.807) is 18.3 Å². The molecule has 0 saturated carbocycles. The van der Waals surface area contributed by atoms with Gasteiger partial charge in [0.25, 0.3) is 0 Å². The van der Waals surface area contributed by atoms with E-state index in [1.807, 2.05) is 30.3 Å². The lowest BCUT2D eigenvalue weighted by Gasteiger charge is -2.10. The summed E-state index contributed by atoms with van der Waals surface area (Å²) in [5.41, 5.74) is 2.78. The first kappa shape index (κ1) is 27.6. The molecule has 0 bridgehead atoms. The van der Waals surface area contributed by atoms with Gasteiger partial charge in [-0.25, -0.2) is 17.6 Å². The molecule has 200 valence electrons. The van der Waals surface area contributed by atoms with E-state index in [-0.39, 0.29) is 24.2 Å². The Morgan fingerprint density at radius 1 is 0.684 bits per heavy atom. The average molecular weight is 524 g/mol. The van der Waals surface area contributed by atoms with Gasteiger partial charge >= 0.3 is 0 Å². The lowest BCUT2D eigenvalue weighted by molar-refractivity contribution is 0.303. The molecular weight excluding hydrogens is 490 g/mol. The van der Waals surface area contributed by atoms with E-state index in [9.17, 15) is 13.2 Å². The van der Waals surface area contributed by atoms with E-state index in [0.29, 0.717) is 17.6 Å². The molecule has 1 heterocycles. The summed E-state index contributed by atoms with van der Waals surface area (Å²) in [4.78, 5) is 4.52. The molecule has 0 atom stereocenters. The van der Waals surface area contributed by atoms with Crippen molar-refractivity contribution in [3.05, 3.63) is 106 Å². The van der Waals surface area contributed by atoms with Crippen molar-refractivity contribution >= 4 is 10.8 Å². The number of unbranched alkanes of at least 4 members (excludes halogenated alkanes) is 4. The Morgan fingerprint density at radius 3 is 2.18 bits per heavy atom. The zero-order valence-electron chi connectivity index (χ0n) is 21.7. The first-order chi connectivity index (χ1) is 18.4. The van der Waals surface area contributed by atoms with Crippen LogP contribution in [0.1, 0.15) is 61.4 Å². The molecule has 38 heavy (non-hydrogen) atoms. The highest BCUT2D eigenvalue weighted by atomic mass is 19.2. The molecule has 2 nitrogen and oxygen atoms in total. The molecule has 0 fully saturated rings. The van der Waals surface area contributed by atoms with Gasteiger partial charge in [-0.3, -0.25) is 4.98 Å². The number of ether oxygens (including phenoxy) is 1. The molecule has 4 aromatic rings. The number of pyridine rings is 1. The lowest BCUT2D eigenvalue weighted by atomic mass is 9.98. The Kier molecular flexibility index (Phi) is 9.74. The molecule has 1 aromatic heterocycles. The van der Waals surface area contributed by atoms with E-state index in [2.05, 4.69) is 11.9 Å². The van der Waals surface area contributed by atoms with Gasteiger partial charge in [0.05, 0.1) is 12.8 Å². The number of aryl methyl sites for hydroxylation is 4. The molecule has 3 aromatic carbocycles. The number of benzene rings is 3. The van der Waals surface area contributed by atoms with Gasteiger partial charge in [0.2, 0.25) is 0 Å². The van der Waals surface area contributed by atoms with E-state index in [0.717, 1.165) is 53.8 Å². The molecule has 0 aliphatic heterocycles. The molecule has 0 unspecified atom stereocenters. The lowest BCUT2D eigenvalue weighted by Crippen LogP contribution is -2.00. The Hall–Kier alpha value is -3.41. The largest absolute Gasteiger partial charge is 0.492 e. The summed E-state index contributed by atoms with van der Waals surface area (Å²) in [6.45, 7) is 2.92. The molecule has 0 saturated heterocycles. The Balaban J connectivity index is 1.31. The van der Waals surface area contributed by atoms with Crippen LogP contribution < -0.4 is 4.74 Å². The van der Waals surface area contributed by atoms with Crippen LogP contribution in [0.2, 0.25) is 0 Å². The zero-order valence-corrected chi connectivity index (χ0v) is 21.7. The van der Waals surface area contributed by atoms with Crippen molar-refractivity contribution in [1.29, 1.82) is 0 Å². The highest BCUT2D eigenvalue weighted by molar-refractivity contribution is 5.84. The number of halogens is 4. The molecular formula is C32H33F4NO. The quantitative estimate of drug-likeness (QED) is 0.0993.